The van der Waals surface area contributed by atoms with E-state index >= 15 is 0 Å². The van der Waals surface area contributed by atoms with E-state index in [0.717, 1.165) is 78.1 Å². The highest BCUT2D eigenvalue weighted by molar-refractivity contribution is 5.53. The van der Waals surface area contributed by atoms with Crippen LogP contribution < -0.4 is 28.4 Å². The van der Waals surface area contributed by atoms with Crippen molar-refractivity contribution >= 4 is 6.29 Å². The summed E-state index contributed by atoms with van der Waals surface area (Å²) in [5.74, 6) is 4.65. The maximum Gasteiger partial charge on any atom is 0.231 e. The molecule has 0 spiro atoms. The molecule has 3 aromatic rings. The average Bonchev–Trinajstić information content (AvgIpc) is 3.70. The Bertz CT molecular complexity index is 1310. The van der Waals surface area contributed by atoms with Crippen LogP contribution in [0.3, 0.4) is 0 Å². The Morgan fingerprint density at radius 1 is 0.615 bits per heavy atom. The smallest absolute Gasteiger partial charge is 0.231 e. The van der Waals surface area contributed by atoms with Gasteiger partial charge in [0.1, 0.15) is 0 Å². The number of hydrogen-bond acceptors (Lipinski definition) is 9. The molecule has 0 N–H and O–H groups in total. The maximum absolute atomic E-state index is 11.8. The first kappa shape index (κ1) is 24.1. The number of ether oxygens (including phenoxy) is 6. The number of piperazine rings is 1. The quantitative estimate of drug-likeness (QED) is 0.437. The summed E-state index contributed by atoms with van der Waals surface area (Å²) in [7, 11) is 0. The number of hydrogen-bond donors (Lipinski definition) is 0. The zero-order valence-electron chi connectivity index (χ0n) is 21.5. The van der Waals surface area contributed by atoms with Gasteiger partial charge in [-0.2, -0.15) is 0 Å². The first-order chi connectivity index (χ1) is 19.2. The molecule has 201 valence electrons. The van der Waals surface area contributed by atoms with Crippen molar-refractivity contribution in [3.8, 4) is 34.5 Å². The van der Waals surface area contributed by atoms with Crippen LogP contribution in [-0.2, 0) is 24.2 Å². The monoisotopic (exact) mass is 529 g/mol. The molecule has 4 aliphatic heterocycles. The third-order valence-corrected chi connectivity index (χ3v) is 7.78. The molecule has 1 radical (unpaired) electrons. The third kappa shape index (κ3) is 4.95. The van der Waals surface area contributed by atoms with Gasteiger partial charge in [-0.1, -0.05) is 18.2 Å². The molecule has 0 bridgehead atoms. The lowest BCUT2D eigenvalue weighted by molar-refractivity contribution is 0.0305. The largest absolute Gasteiger partial charge is 0.454 e. The van der Waals surface area contributed by atoms with Gasteiger partial charge in [-0.05, 0) is 65.9 Å². The van der Waals surface area contributed by atoms with E-state index in [2.05, 4.69) is 52.5 Å². The van der Waals surface area contributed by atoms with Gasteiger partial charge < -0.3 is 28.4 Å². The Morgan fingerprint density at radius 3 is 1.54 bits per heavy atom. The van der Waals surface area contributed by atoms with Gasteiger partial charge >= 0.3 is 0 Å². The van der Waals surface area contributed by atoms with Gasteiger partial charge in [0.2, 0.25) is 26.7 Å². The molecule has 0 aromatic heterocycles. The summed E-state index contributed by atoms with van der Waals surface area (Å²) >= 11 is 0. The van der Waals surface area contributed by atoms with Crippen molar-refractivity contribution in [1.29, 1.82) is 0 Å². The van der Waals surface area contributed by atoms with E-state index in [-0.39, 0.29) is 39.0 Å². The summed E-state index contributed by atoms with van der Waals surface area (Å²) in [5, 5.41) is 0. The van der Waals surface area contributed by atoms with Crippen molar-refractivity contribution < 1.29 is 33.2 Å². The summed E-state index contributed by atoms with van der Waals surface area (Å²) in [6.45, 7) is 3.39. The highest BCUT2D eigenvalue weighted by Crippen LogP contribution is 2.36. The minimum Gasteiger partial charge on any atom is -0.454 e. The maximum atomic E-state index is 11.8. The molecule has 3 aromatic carbocycles. The lowest BCUT2D eigenvalue weighted by atomic mass is 9.94. The lowest BCUT2D eigenvalue weighted by Gasteiger charge is -2.46. The minimum absolute atomic E-state index is 0.105. The number of benzene rings is 3. The van der Waals surface area contributed by atoms with Gasteiger partial charge in [-0.3, -0.25) is 14.6 Å². The fraction of sp³-hybridized carbons (Fsp3) is 0.367. The van der Waals surface area contributed by atoms with Crippen molar-refractivity contribution in [1.82, 2.24) is 9.80 Å². The van der Waals surface area contributed by atoms with E-state index in [9.17, 15) is 4.79 Å². The Hall–Kier alpha value is -3.95. The van der Waals surface area contributed by atoms with Crippen LogP contribution in [0.15, 0.2) is 54.6 Å². The van der Waals surface area contributed by atoms with Gasteiger partial charge in [0.25, 0.3) is 0 Å². The van der Waals surface area contributed by atoms with Crippen LogP contribution in [0.2, 0.25) is 0 Å². The SMILES string of the molecule is O=[C]CN1C(Cc2ccc3c(c2)OCO3)CN(Cc2ccc3c(c2)OCO3)CC1Cc1ccc2c(c1)OCO2. The van der Waals surface area contributed by atoms with Gasteiger partial charge in [-0.25, -0.2) is 0 Å². The predicted molar refractivity (Wildman–Crippen MR) is 140 cm³/mol. The molecule has 4 heterocycles. The Labute approximate surface area is 226 Å². The molecule has 0 amide bonds. The Kier molecular flexibility index (Phi) is 6.38. The normalized spacial score (nSPS) is 21.3. The summed E-state index contributed by atoms with van der Waals surface area (Å²) in [6, 6.07) is 18.5. The van der Waals surface area contributed by atoms with E-state index in [1.165, 1.54) is 5.56 Å². The molecular formula is C30H29N2O7. The molecule has 39 heavy (non-hydrogen) atoms. The van der Waals surface area contributed by atoms with Gasteiger partial charge in [0, 0.05) is 31.7 Å². The fourth-order valence-electron chi connectivity index (χ4n) is 5.98. The summed E-state index contributed by atoms with van der Waals surface area (Å²) in [5.41, 5.74) is 3.46. The summed E-state index contributed by atoms with van der Waals surface area (Å²) in [4.78, 5) is 16.5. The fourth-order valence-corrected chi connectivity index (χ4v) is 5.98. The first-order valence-corrected chi connectivity index (χ1v) is 13.2. The molecule has 2 unspecified atom stereocenters. The molecule has 0 aliphatic carbocycles. The van der Waals surface area contributed by atoms with Crippen LogP contribution in [-0.4, -0.2) is 68.2 Å². The van der Waals surface area contributed by atoms with Crippen LogP contribution in [0.4, 0.5) is 0 Å². The zero-order chi connectivity index (χ0) is 26.2. The van der Waals surface area contributed by atoms with Crippen LogP contribution >= 0.6 is 0 Å². The van der Waals surface area contributed by atoms with E-state index in [0.29, 0.717) is 0 Å². The van der Waals surface area contributed by atoms with Gasteiger partial charge in [-0.15, -0.1) is 0 Å². The van der Waals surface area contributed by atoms with Crippen LogP contribution in [0, 0.1) is 0 Å². The highest BCUT2D eigenvalue weighted by Gasteiger charge is 2.35. The van der Waals surface area contributed by atoms with Crippen molar-refractivity contribution in [3.63, 3.8) is 0 Å². The van der Waals surface area contributed by atoms with Crippen molar-refractivity contribution in [2.45, 2.75) is 31.5 Å². The Morgan fingerprint density at radius 2 is 1.05 bits per heavy atom. The minimum atomic E-state index is 0.105. The Balaban J connectivity index is 1.16. The van der Waals surface area contributed by atoms with Crippen LogP contribution in [0.1, 0.15) is 16.7 Å². The van der Waals surface area contributed by atoms with E-state index in [1.807, 2.05) is 18.2 Å². The molecule has 9 heteroatoms. The molecular weight excluding hydrogens is 500 g/mol. The molecule has 1 saturated heterocycles. The zero-order valence-corrected chi connectivity index (χ0v) is 21.5. The van der Waals surface area contributed by atoms with Crippen LogP contribution in [0.5, 0.6) is 34.5 Å². The van der Waals surface area contributed by atoms with Gasteiger partial charge in [0.15, 0.2) is 34.5 Å². The number of nitrogens with zero attached hydrogens (tertiary/aromatic N) is 2. The van der Waals surface area contributed by atoms with E-state index in [1.54, 1.807) is 0 Å². The highest BCUT2D eigenvalue weighted by atomic mass is 16.7. The molecule has 9 nitrogen and oxygen atoms in total. The summed E-state index contributed by atoms with van der Waals surface area (Å²) in [6.07, 6.45) is 3.73. The van der Waals surface area contributed by atoms with Gasteiger partial charge in [0.05, 0.1) is 6.54 Å². The molecule has 7 rings (SSSR count). The average molecular weight is 530 g/mol. The van der Waals surface area contributed by atoms with Crippen molar-refractivity contribution in [3.05, 3.63) is 71.3 Å². The molecule has 4 aliphatic rings. The molecule has 2 atom stereocenters. The first-order valence-electron chi connectivity index (χ1n) is 13.2. The number of carbonyl (C=O) groups excluding carboxylic acids is 1. The van der Waals surface area contributed by atoms with Crippen molar-refractivity contribution in [2.24, 2.45) is 0 Å². The topological polar surface area (TPSA) is 78.9 Å². The second kappa shape index (κ2) is 10.3. The number of fused-ring (bicyclic) bond motifs is 3. The third-order valence-electron chi connectivity index (χ3n) is 7.78. The standard InChI is InChI=1S/C30H29N2O7/c33-8-7-32-23(9-20-1-4-25-28(11-20)37-17-34-25)15-31(14-22-3-6-27-30(13-22)39-19-36-27)16-24(32)10-21-2-5-26-29(12-21)38-18-35-26/h1-6,11-13,23-24H,7,9-10,14-19H2. The summed E-state index contributed by atoms with van der Waals surface area (Å²) < 4.78 is 33.4. The van der Waals surface area contributed by atoms with Crippen molar-refractivity contribution in [2.75, 3.05) is 40.0 Å². The molecule has 1 fully saturated rings. The van der Waals surface area contributed by atoms with Crippen LogP contribution in [0.25, 0.3) is 0 Å². The second-order valence-corrected chi connectivity index (χ2v) is 10.3. The number of rotatable bonds is 8. The van der Waals surface area contributed by atoms with E-state index in [4.69, 9.17) is 28.4 Å². The van der Waals surface area contributed by atoms with E-state index < -0.39 is 0 Å². The molecule has 0 saturated carbocycles. The lowest BCUT2D eigenvalue weighted by Crippen LogP contribution is -2.60. The predicted octanol–water partition coefficient (Wildman–Crippen LogP) is 3.32. The second-order valence-electron chi connectivity index (χ2n) is 10.3.